The molecule has 110 valence electrons. The van der Waals surface area contributed by atoms with E-state index in [4.69, 9.17) is 0 Å². The summed E-state index contributed by atoms with van der Waals surface area (Å²) < 4.78 is 1.87. The molecule has 2 aliphatic rings. The Morgan fingerprint density at radius 2 is 1.85 bits per heavy atom. The van der Waals surface area contributed by atoms with Gasteiger partial charge in [-0.1, -0.05) is 0 Å². The summed E-state index contributed by atoms with van der Waals surface area (Å²) in [5.41, 5.74) is 3.20. The van der Waals surface area contributed by atoms with Crippen molar-refractivity contribution in [2.45, 2.75) is 52.0 Å². The Hall–Kier alpha value is -1.32. The fourth-order valence-corrected chi connectivity index (χ4v) is 3.41. The van der Waals surface area contributed by atoms with Gasteiger partial charge in [0.2, 0.25) is 5.91 Å². The zero-order valence-corrected chi connectivity index (χ0v) is 13.0. The predicted molar refractivity (Wildman–Crippen MR) is 78.4 cm³/mol. The quantitative estimate of drug-likeness (QED) is 0.826. The minimum Gasteiger partial charge on any atom is -0.342 e. The van der Waals surface area contributed by atoms with E-state index in [1.807, 2.05) is 37.5 Å². The molecule has 2 saturated carbocycles. The second-order valence-electron chi connectivity index (χ2n) is 6.62. The smallest absolute Gasteiger partial charge is 0.227 e. The molecule has 0 aromatic carbocycles. The van der Waals surface area contributed by atoms with Gasteiger partial charge in [0.05, 0.1) is 12.1 Å². The zero-order valence-electron chi connectivity index (χ0n) is 13.0. The topological polar surface area (TPSA) is 38.1 Å². The first-order chi connectivity index (χ1) is 9.49. The molecule has 3 rings (SSSR count). The van der Waals surface area contributed by atoms with E-state index in [-0.39, 0.29) is 5.91 Å². The molecule has 20 heavy (non-hydrogen) atoms. The SMILES string of the molecule is Cc1nn(C)c(C)c1CC(=O)N(C)C(C1CC1)C1CC1. The van der Waals surface area contributed by atoms with Crippen LogP contribution < -0.4 is 0 Å². The molecular formula is C16H25N3O. The van der Waals surface area contributed by atoms with Crippen molar-refractivity contribution in [3.8, 4) is 0 Å². The van der Waals surface area contributed by atoms with Crippen LogP contribution in [0.3, 0.4) is 0 Å². The first kappa shape index (κ1) is 13.7. The summed E-state index contributed by atoms with van der Waals surface area (Å²) in [6, 6.07) is 0.500. The van der Waals surface area contributed by atoms with Gasteiger partial charge in [0.1, 0.15) is 0 Å². The van der Waals surface area contributed by atoms with Crippen molar-refractivity contribution >= 4 is 5.91 Å². The lowest BCUT2D eigenvalue weighted by Crippen LogP contribution is -2.41. The van der Waals surface area contributed by atoms with Crippen LogP contribution in [0.25, 0.3) is 0 Å². The van der Waals surface area contributed by atoms with Crippen LogP contribution in [-0.2, 0) is 18.3 Å². The Labute approximate surface area is 121 Å². The molecule has 1 heterocycles. The Balaban J connectivity index is 1.71. The van der Waals surface area contributed by atoms with Crippen molar-refractivity contribution in [3.05, 3.63) is 17.0 Å². The maximum Gasteiger partial charge on any atom is 0.227 e. The number of nitrogens with zero attached hydrogens (tertiary/aromatic N) is 3. The van der Waals surface area contributed by atoms with Gasteiger partial charge in [-0.25, -0.2) is 0 Å². The molecule has 1 amide bonds. The number of aromatic nitrogens is 2. The second-order valence-corrected chi connectivity index (χ2v) is 6.62. The molecule has 0 spiro atoms. The fourth-order valence-electron chi connectivity index (χ4n) is 3.41. The highest BCUT2D eigenvalue weighted by molar-refractivity contribution is 5.79. The highest BCUT2D eigenvalue weighted by atomic mass is 16.2. The van der Waals surface area contributed by atoms with Crippen LogP contribution in [0.15, 0.2) is 0 Å². The normalized spacial score (nSPS) is 18.6. The molecule has 0 radical (unpaired) electrons. The number of rotatable bonds is 5. The van der Waals surface area contributed by atoms with E-state index in [1.54, 1.807) is 0 Å². The average Bonchev–Trinajstić information content (AvgIpc) is 3.27. The van der Waals surface area contributed by atoms with Crippen LogP contribution in [0.5, 0.6) is 0 Å². The third kappa shape index (κ3) is 2.48. The summed E-state index contributed by atoms with van der Waals surface area (Å²) in [4.78, 5) is 14.7. The Morgan fingerprint density at radius 3 is 2.25 bits per heavy atom. The summed E-state index contributed by atoms with van der Waals surface area (Å²) in [6.45, 7) is 4.04. The van der Waals surface area contributed by atoms with E-state index >= 15 is 0 Å². The molecule has 2 fully saturated rings. The van der Waals surface area contributed by atoms with Crippen LogP contribution >= 0.6 is 0 Å². The van der Waals surface area contributed by atoms with Crippen molar-refractivity contribution in [1.82, 2.24) is 14.7 Å². The molecule has 4 nitrogen and oxygen atoms in total. The van der Waals surface area contributed by atoms with Crippen LogP contribution in [0.1, 0.15) is 42.6 Å². The highest BCUT2D eigenvalue weighted by Crippen LogP contribution is 2.46. The third-order valence-corrected chi connectivity index (χ3v) is 5.04. The molecule has 0 N–H and O–H groups in total. The van der Waals surface area contributed by atoms with Gasteiger partial charge in [-0.05, 0) is 51.4 Å². The predicted octanol–water partition coefficient (Wildman–Crippen LogP) is 2.23. The summed E-state index contributed by atoms with van der Waals surface area (Å²) in [5, 5.41) is 4.41. The van der Waals surface area contributed by atoms with Crippen LogP contribution in [0.4, 0.5) is 0 Å². The van der Waals surface area contributed by atoms with E-state index in [0.717, 1.165) is 28.8 Å². The van der Waals surface area contributed by atoms with Crippen LogP contribution in [0, 0.1) is 25.7 Å². The van der Waals surface area contributed by atoms with Gasteiger partial charge in [0, 0.05) is 31.4 Å². The number of amides is 1. The number of aryl methyl sites for hydroxylation is 2. The average molecular weight is 275 g/mol. The molecule has 1 aromatic rings. The highest BCUT2D eigenvalue weighted by Gasteiger charge is 2.44. The van der Waals surface area contributed by atoms with E-state index in [0.29, 0.717) is 12.5 Å². The van der Waals surface area contributed by atoms with Crippen molar-refractivity contribution < 1.29 is 4.79 Å². The minimum atomic E-state index is 0.257. The lowest BCUT2D eigenvalue weighted by atomic mass is 10.0. The van der Waals surface area contributed by atoms with Crippen molar-refractivity contribution in [1.29, 1.82) is 0 Å². The first-order valence-electron chi connectivity index (χ1n) is 7.73. The third-order valence-electron chi connectivity index (χ3n) is 5.04. The molecule has 0 aliphatic heterocycles. The van der Waals surface area contributed by atoms with Crippen LogP contribution in [-0.4, -0.2) is 33.7 Å². The lowest BCUT2D eigenvalue weighted by Gasteiger charge is -2.28. The van der Waals surface area contributed by atoms with Gasteiger partial charge in [-0.3, -0.25) is 9.48 Å². The molecule has 0 atom stereocenters. The number of carbonyl (C=O) groups excluding carboxylic acids is 1. The van der Waals surface area contributed by atoms with E-state index < -0.39 is 0 Å². The molecule has 0 unspecified atom stereocenters. The second kappa shape index (κ2) is 4.90. The van der Waals surface area contributed by atoms with Gasteiger partial charge in [0.15, 0.2) is 0 Å². The van der Waals surface area contributed by atoms with Crippen molar-refractivity contribution in [2.24, 2.45) is 18.9 Å². The van der Waals surface area contributed by atoms with Gasteiger partial charge in [-0.15, -0.1) is 0 Å². The molecule has 2 aliphatic carbocycles. The maximum atomic E-state index is 12.6. The first-order valence-corrected chi connectivity index (χ1v) is 7.73. The largest absolute Gasteiger partial charge is 0.342 e. The molecular weight excluding hydrogens is 250 g/mol. The summed E-state index contributed by atoms with van der Waals surface area (Å²) in [7, 11) is 3.95. The molecule has 4 heteroatoms. The van der Waals surface area contributed by atoms with Crippen molar-refractivity contribution in [2.75, 3.05) is 7.05 Å². The number of likely N-dealkylation sites (N-methyl/N-ethyl adjacent to an activating group) is 1. The summed E-state index contributed by atoms with van der Waals surface area (Å²) in [5.74, 6) is 1.80. The van der Waals surface area contributed by atoms with E-state index in [2.05, 4.69) is 5.10 Å². The monoisotopic (exact) mass is 275 g/mol. The Kier molecular flexibility index (Phi) is 3.35. The minimum absolute atomic E-state index is 0.257. The fraction of sp³-hybridized carbons (Fsp3) is 0.750. The standard InChI is InChI=1S/C16H25N3O/c1-10-14(11(2)19(4)17-10)9-15(20)18(3)16(12-5-6-12)13-7-8-13/h12-13,16H,5-9H2,1-4H3. The number of hydrogen-bond acceptors (Lipinski definition) is 2. The number of carbonyl (C=O) groups is 1. The maximum absolute atomic E-state index is 12.6. The van der Waals surface area contributed by atoms with E-state index in [1.165, 1.54) is 25.7 Å². The van der Waals surface area contributed by atoms with E-state index in [9.17, 15) is 4.79 Å². The van der Waals surface area contributed by atoms with Crippen molar-refractivity contribution in [3.63, 3.8) is 0 Å². The lowest BCUT2D eigenvalue weighted by molar-refractivity contribution is -0.132. The van der Waals surface area contributed by atoms with Gasteiger partial charge < -0.3 is 4.90 Å². The summed E-state index contributed by atoms with van der Waals surface area (Å²) >= 11 is 0. The molecule has 0 saturated heterocycles. The Bertz CT molecular complexity index is 514. The number of hydrogen-bond donors (Lipinski definition) is 0. The Morgan fingerprint density at radius 1 is 1.30 bits per heavy atom. The molecule has 0 bridgehead atoms. The van der Waals surface area contributed by atoms with Gasteiger partial charge >= 0.3 is 0 Å². The van der Waals surface area contributed by atoms with Gasteiger partial charge in [0.25, 0.3) is 0 Å². The van der Waals surface area contributed by atoms with Crippen LogP contribution in [0.2, 0.25) is 0 Å². The zero-order chi connectivity index (χ0) is 14.4. The summed E-state index contributed by atoms with van der Waals surface area (Å²) in [6.07, 6.45) is 5.74. The van der Waals surface area contributed by atoms with Gasteiger partial charge in [-0.2, -0.15) is 5.10 Å². The molecule has 1 aromatic heterocycles.